The van der Waals surface area contributed by atoms with Gasteiger partial charge in [0.15, 0.2) is 0 Å². The van der Waals surface area contributed by atoms with E-state index >= 15 is 0 Å². The number of aryl methyl sites for hydroxylation is 1. The van der Waals surface area contributed by atoms with Crippen LogP contribution in [0.1, 0.15) is 55.6 Å². The summed E-state index contributed by atoms with van der Waals surface area (Å²) in [5, 5.41) is 12.7. The lowest BCUT2D eigenvalue weighted by Crippen LogP contribution is -2.33. The monoisotopic (exact) mass is 393 g/mol. The van der Waals surface area contributed by atoms with Crippen molar-refractivity contribution >= 4 is 5.91 Å². The summed E-state index contributed by atoms with van der Waals surface area (Å²) in [6, 6.07) is 9.98. The van der Waals surface area contributed by atoms with E-state index in [0.717, 1.165) is 37.2 Å². The number of likely N-dealkylation sites (tertiary alicyclic amines) is 1. The molecule has 1 aliphatic rings. The van der Waals surface area contributed by atoms with Gasteiger partial charge in [-0.15, -0.1) is 10.2 Å². The van der Waals surface area contributed by atoms with E-state index in [4.69, 9.17) is 9.52 Å². The van der Waals surface area contributed by atoms with Crippen molar-refractivity contribution in [2.75, 3.05) is 6.54 Å². The van der Waals surface area contributed by atoms with E-state index in [1.165, 1.54) is 0 Å². The molecule has 7 nitrogen and oxygen atoms in total. The van der Waals surface area contributed by atoms with Crippen LogP contribution in [0.4, 0.5) is 0 Å². The smallest absolute Gasteiger partial charge is 0.268 e. The molecule has 1 aromatic carbocycles. The van der Waals surface area contributed by atoms with E-state index in [-0.39, 0.29) is 5.91 Å². The third-order valence-corrected chi connectivity index (χ3v) is 5.30. The lowest BCUT2D eigenvalue weighted by Gasteiger charge is -2.21. The maximum Gasteiger partial charge on any atom is 0.268 e. The average Bonchev–Trinajstić information content (AvgIpc) is 3.41. The zero-order valence-electron chi connectivity index (χ0n) is 17.4. The van der Waals surface area contributed by atoms with Crippen LogP contribution in [0.5, 0.6) is 0 Å². The first-order valence-electron chi connectivity index (χ1n) is 10.2. The van der Waals surface area contributed by atoms with Crippen LogP contribution < -0.4 is 0 Å². The van der Waals surface area contributed by atoms with Crippen LogP contribution in [0, 0.1) is 12.8 Å². The Morgan fingerprint density at radius 3 is 2.76 bits per heavy atom. The summed E-state index contributed by atoms with van der Waals surface area (Å²) >= 11 is 0. The molecule has 0 spiro atoms. The zero-order chi connectivity index (χ0) is 20.5. The van der Waals surface area contributed by atoms with Gasteiger partial charge < -0.3 is 9.32 Å². The molecule has 1 aliphatic heterocycles. The fourth-order valence-electron chi connectivity index (χ4n) is 3.88. The first kappa shape index (κ1) is 19.4. The van der Waals surface area contributed by atoms with E-state index < -0.39 is 0 Å². The van der Waals surface area contributed by atoms with E-state index in [1.54, 1.807) is 6.92 Å². The molecule has 0 N–H and O–H groups in total. The Balaban J connectivity index is 1.71. The lowest BCUT2D eigenvalue weighted by atomic mass is 10.1. The Morgan fingerprint density at radius 1 is 1.28 bits per heavy atom. The number of carbonyl (C=O) groups is 1. The molecule has 0 saturated carbocycles. The van der Waals surface area contributed by atoms with Crippen LogP contribution in [-0.2, 0) is 6.42 Å². The Labute approximate surface area is 170 Å². The molecule has 29 heavy (non-hydrogen) atoms. The first-order chi connectivity index (χ1) is 13.9. The van der Waals surface area contributed by atoms with Crippen LogP contribution in [0.3, 0.4) is 0 Å². The van der Waals surface area contributed by atoms with Crippen molar-refractivity contribution < 1.29 is 9.21 Å². The molecule has 0 radical (unpaired) electrons. The highest BCUT2D eigenvalue weighted by atomic mass is 16.4. The standard InChI is InChI=1S/C22H27N5O2/c1-14(2)11-19-13-20(21-24-23-16(4)29-21)25-27(19)18-9-5-8-17(12-18)22(28)26-10-6-7-15(26)3/h5,8-9,12-15H,6-7,10-11H2,1-4H3/t15-/m1/s1. The average molecular weight is 393 g/mol. The molecular formula is C22H27N5O2. The van der Waals surface area contributed by atoms with Gasteiger partial charge >= 0.3 is 0 Å². The highest BCUT2D eigenvalue weighted by Crippen LogP contribution is 2.25. The fourth-order valence-corrected chi connectivity index (χ4v) is 3.88. The minimum atomic E-state index is 0.0853. The molecule has 152 valence electrons. The third kappa shape index (κ3) is 3.95. The SMILES string of the molecule is Cc1nnc(-c2cc(CC(C)C)n(-c3cccc(C(=O)N4CCC[C@H]4C)c3)n2)o1. The molecule has 1 atom stereocenters. The summed E-state index contributed by atoms with van der Waals surface area (Å²) in [6.07, 6.45) is 2.98. The number of amides is 1. The summed E-state index contributed by atoms with van der Waals surface area (Å²) < 4.78 is 7.45. The summed E-state index contributed by atoms with van der Waals surface area (Å²) in [7, 11) is 0. The molecular weight excluding hydrogens is 366 g/mol. The van der Waals surface area contributed by atoms with Gasteiger partial charge in [-0.25, -0.2) is 4.68 Å². The minimum Gasteiger partial charge on any atom is -0.420 e. The number of carbonyl (C=O) groups excluding carboxylic acids is 1. The number of hydrogen-bond donors (Lipinski definition) is 0. The van der Waals surface area contributed by atoms with E-state index in [1.807, 2.05) is 39.9 Å². The summed E-state index contributed by atoms with van der Waals surface area (Å²) in [5.74, 6) is 1.46. The normalized spacial score (nSPS) is 16.7. The largest absolute Gasteiger partial charge is 0.420 e. The molecule has 3 aromatic rings. The van der Waals surface area contributed by atoms with Crippen molar-refractivity contribution in [3.8, 4) is 17.3 Å². The van der Waals surface area contributed by atoms with Gasteiger partial charge in [0.05, 0.1) is 5.69 Å². The fraction of sp³-hybridized carbons (Fsp3) is 0.455. The van der Waals surface area contributed by atoms with Gasteiger partial charge in [0.25, 0.3) is 11.8 Å². The van der Waals surface area contributed by atoms with Crippen LogP contribution in [0.15, 0.2) is 34.7 Å². The minimum absolute atomic E-state index is 0.0853. The van der Waals surface area contributed by atoms with E-state index in [2.05, 4.69) is 31.0 Å². The molecule has 1 amide bonds. The third-order valence-electron chi connectivity index (χ3n) is 5.30. The molecule has 1 saturated heterocycles. The summed E-state index contributed by atoms with van der Waals surface area (Å²) in [5.41, 5.74) is 3.24. The zero-order valence-corrected chi connectivity index (χ0v) is 17.4. The predicted molar refractivity (Wildman–Crippen MR) is 110 cm³/mol. The van der Waals surface area contributed by atoms with Crippen LogP contribution in [-0.4, -0.2) is 43.4 Å². The number of rotatable bonds is 5. The Morgan fingerprint density at radius 2 is 2.10 bits per heavy atom. The van der Waals surface area contributed by atoms with Gasteiger partial charge in [-0.1, -0.05) is 19.9 Å². The summed E-state index contributed by atoms with van der Waals surface area (Å²) in [6.45, 7) is 9.04. The molecule has 0 aliphatic carbocycles. The number of aromatic nitrogens is 4. The van der Waals surface area contributed by atoms with Crippen LogP contribution >= 0.6 is 0 Å². The maximum absolute atomic E-state index is 13.0. The van der Waals surface area contributed by atoms with Crippen molar-refractivity contribution in [2.45, 2.75) is 53.0 Å². The molecule has 3 heterocycles. The van der Waals surface area contributed by atoms with Crippen molar-refractivity contribution in [1.29, 1.82) is 0 Å². The highest BCUT2D eigenvalue weighted by molar-refractivity contribution is 5.95. The van der Waals surface area contributed by atoms with Gasteiger partial charge in [0.2, 0.25) is 5.89 Å². The second kappa shape index (κ2) is 7.81. The molecule has 4 rings (SSSR count). The Hall–Kier alpha value is -2.96. The lowest BCUT2D eigenvalue weighted by molar-refractivity contribution is 0.0747. The Bertz CT molecular complexity index is 1020. The van der Waals surface area contributed by atoms with Gasteiger partial charge in [-0.3, -0.25) is 4.79 Å². The molecule has 0 bridgehead atoms. The van der Waals surface area contributed by atoms with E-state index in [9.17, 15) is 4.79 Å². The van der Waals surface area contributed by atoms with Gasteiger partial charge in [-0.2, -0.15) is 5.10 Å². The Kier molecular flexibility index (Phi) is 5.22. The molecule has 2 aromatic heterocycles. The van der Waals surface area contributed by atoms with E-state index in [0.29, 0.717) is 35.0 Å². The van der Waals surface area contributed by atoms with Crippen LogP contribution in [0.25, 0.3) is 17.3 Å². The van der Waals surface area contributed by atoms with Gasteiger partial charge in [0.1, 0.15) is 5.69 Å². The van der Waals surface area contributed by atoms with Crippen molar-refractivity contribution in [3.63, 3.8) is 0 Å². The predicted octanol–water partition coefficient (Wildman–Crippen LogP) is 4.05. The van der Waals surface area contributed by atoms with Gasteiger partial charge in [0, 0.05) is 30.8 Å². The maximum atomic E-state index is 13.0. The van der Waals surface area contributed by atoms with Crippen molar-refractivity contribution in [2.24, 2.45) is 5.92 Å². The first-order valence-corrected chi connectivity index (χ1v) is 10.2. The molecule has 0 unspecified atom stereocenters. The molecule has 1 fully saturated rings. The number of hydrogen-bond acceptors (Lipinski definition) is 5. The number of benzene rings is 1. The second-order valence-electron chi connectivity index (χ2n) is 8.20. The highest BCUT2D eigenvalue weighted by Gasteiger charge is 2.26. The van der Waals surface area contributed by atoms with Gasteiger partial charge in [-0.05, 0) is 56.4 Å². The topological polar surface area (TPSA) is 77.1 Å². The summed E-state index contributed by atoms with van der Waals surface area (Å²) in [4.78, 5) is 15.0. The quantitative estimate of drug-likeness (QED) is 0.653. The van der Waals surface area contributed by atoms with Crippen LogP contribution in [0.2, 0.25) is 0 Å². The number of nitrogens with zero attached hydrogens (tertiary/aromatic N) is 5. The van der Waals surface area contributed by atoms with Crippen molar-refractivity contribution in [1.82, 2.24) is 24.9 Å². The second-order valence-corrected chi connectivity index (χ2v) is 8.20. The molecule has 7 heteroatoms. The van der Waals surface area contributed by atoms with Crippen molar-refractivity contribution in [3.05, 3.63) is 47.5 Å².